The van der Waals surface area contributed by atoms with Crippen molar-refractivity contribution in [3.63, 3.8) is 0 Å². The Labute approximate surface area is 104 Å². The standard InChI is InChI=1S/Ag.Cu.Mg.Mn.Zr. The van der Waals surface area contributed by atoms with E-state index in [1.54, 1.807) is 0 Å². The first-order valence-corrected chi connectivity index (χ1v) is 0. The largest absolute Gasteiger partial charge is 0 e. The predicted molar refractivity (Wildman–Crippen MR) is 5.75 cm³/mol. The van der Waals surface area contributed by atoms with Crippen molar-refractivity contribution in [1.82, 2.24) is 0 Å². The zero-order valence-electron chi connectivity index (χ0n) is 2.19. The molecule has 0 unspecified atom stereocenters. The smallest absolute Gasteiger partial charge is 0 e. The molecule has 0 aliphatic rings. The van der Waals surface area contributed by atoms with Crippen LogP contribution in [0.1, 0.15) is 0 Å². The molecule has 0 N–H and O–H groups in total. The van der Waals surface area contributed by atoms with Gasteiger partial charge in [-0.2, -0.15) is 0 Å². The van der Waals surface area contributed by atoms with E-state index in [0.29, 0.717) is 0 Å². The fraction of sp³-hybridized carbons (Fsp3) is 0. The molecule has 0 aromatic heterocycles. The minimum atomic E-state index is 0. The Bertz CT molecular complexity index is 11.6. The predicted octanol–water partition coefficient (Wildman–Crippen LogP) is -0.391. The van der Waals surface area contributed by atoms with Gasteiger partial charge in [0.05, 0.1) is 0 Å². The quantitative estimate of drug-likeness (QED) is 0.527. The van der Waals surface area contributed by atoms with E-state index in [0.717, 1.165) is 0 Å². The van der Waals surface area contributed by atoms with E-state index in [1.165, 1.54) is 0 Å². The minimum Gasteiger partial charge on any atom is 0 e. The first-order chi connectivity index (χ1) is 0. The molecule has 0 saturated heterocycles. The summed E-state index contributed by atoms with van der Waals surface area (Å²) in [5.41, 5.74) is 0. The first kappa shape index (κ1) is 39.6. The Morgan fingerprint density at radius 3 is 1.00 bits per heavy atom. The average molecular weight is 342 g/mol. The summed E-state index contributed by atoms with van der Waals surface area (Å²) in [7, 11) is 0. The van der Waals surface area contributed by atoms with Gasteiger partial charge in [-0.1, -0.05) is 0 Å². The summed E-state index contributed by atoms with van der Waals surface area (Å²) in [6, 6.07) is 0. The first-order valence-electron chi connectivity index (χ1n) is 0. The summed E-state index contributed by atoms with van der Waals surface area (Å²) >= 11 is 0. The van der Waals surface area contributed by atoms with Crippen molar-refractivity contribution in [3.8, 4) is 0 Å². The Hall–Kier alpha value is 3.43. The molecule has 0 aliphatic carbocycles. The third kappa shape index (κ3) is 18.6. The van der Waals surface area contributed by atoms with Crippen LogP contribution < -0.4 is 0 Å². The van der Waals surface area contributed by atoms with Gasteiger partial charge in [-0.25, -0.2) is 0 Å². The maximum absolute atomic E-state index is 0. The third-order valence-electron chi connectivity index (χ3n) is 0. The van der Waals surface area contributed by atoms with E-state index in [9.17, 15) is 0 Å². The van der Waals surface area contributed by atoms with Gasteiger partial charge in [-0.05, 0) is 0 Å². The molecule has 0 spiro atoms. The monoisotopic (exact) mass is 339 g/mol. The van der Waals surface area contributed by atoms with Gasteiger partial charge in [-0.3, -0.25) is 0 Å². The molecule has 0 atom stereocenters. The Balaban J connectivity index is 0. The van der Waals surface area contributed by atoms with Crippen LogP contribution in [-0.4, -0.2) is 23.1 Å². The molecule has 5 heteroatoms. The average Bonchev–Trinajstić information content (AvgIpc) is 0. The van der Waals surface area contributed by atoms with Gasteiger partial charge in [0.25, 0.3) is 0 Å². The molecule has 5 heavy (non-hydrogen) atoms. The summed E-state index contributed by atoms with van der Waals surface area (Å²) in [5.74, 6) is 0. The van der Waals surface area contributed by atoms with E-state index in [4.69, 9.17) is 0 Å². The van der Waals surface area contributed by atoms with Gasteiger partial charge in [-0.15, -0.1) is 0 Å². The molecule has 0 heterocycles. The van der Waals surface area contributed by atoms with Crippen molar-refractivity contribution in [2.24, 2.45) is 0 Å². The van der Waals surface area contributed by atoms with Crippen molar-refractivity contribution in [2.75, 3.05) is 0 Å². The molecule has 0 aromatic rings. The second kappa shape index (κ2) is 26.1. The van der Waals surface area contributed by atoms with E-state index in [1.807, 2.05) is 0 Å². The molecule has 0 fully saturated rings. The Morgan fingerprint density at radius 1 is 1.00 bits per heavy atom. The van der Waals surface area contributed by atoms with Gasteiger partial charge >= 0.3 is 0 Å². The molecule has 0 nitrogen and oxygen atoms in total. The van der Waals surface area contributed by atoms with Crippen molar-refractivity contribution >= 4 is 23.1 Å². The van der Waals surface area contributed by atoms with E-state index in [-0.39, 0.29) is 106 Å². The van der Waals surface area contributed by atoms with Gasteiger partial charge in [0.1, 0.15) is 0 Å². The van der Waals surface area contributed by atoms with Crippen LogP contribution in [0.2, 0.25) is 0 Å². The van der Waals surface area contributed by atoms with Crippen LogP contribution in [0.5, 0.6) is 0 Å². The number of hydrogen-bond donors (Lipinski definition) is 0. The molecule has 0 rings (SSSR count). The molecule has 0 amide bonds. The molecular formula is AgCuMgMnZr. The van der Waals surface area contributed by atoms with Gasteiger partial charge < -0.3 is 0 Å². The van der Waals surface area contributed by atoms with Gasteiger partial charge in [0, 0.05) is 106 Å². The molecule has 0 bridgehead atoms. The zero-order chi connectivity index (χ0) is 0. The van der Waals surface area contributed by atoms with Crippen LogP contribution in [0, 0.1) is 0 Å². The second-order valence-corrected chi connectivity index (χ2v) is 0. The Kier molecular flexibility index (Phi) is 207. The molecule has 0 aromatic carbocycles. The third-order valence-corrected chi connectivity index (χ3v) is 0. The normalized spacial score (nSPS) is 0. The van der Waals surface area contributed by atoms with E-state index < -0.39 is 0 Å². The van der Waals surface area contributed by atoms with Crippen molar-refractivity contribution in [3.05, 3.63) is 0 Å². The molecule has 0 aliphatic heterocycles. The summed E-state index contributed by atoms with van der Waals surface area (Å²) in [6.07, 6.45) is 0. The SMILES string of the molecule is [Ag].[Cu].[Mg].[Mn].[Zr]. The van der Waals surface area contributed by atoms with Crippen LogP contribution in [-0.2, 0) is 82.7 Å². The van der Waals surface area contributed by atoms with Gasteiger partial charge in [0.15, 0.2) is 0 Å². The van der Waals surface area contributed by atoms with E-state index >= 15 is 0 Å². The number of hydrogen-bond acceptors (Lipinski definition) is 0. The fourth-order valence-electron chi connectivity index (χ4n) is 0. The van der Waals surface area contributed by atoms with Crippen LogP contribution in [0.25, 0.3) is 0 Å². The molecule has 5 radical (unpaired) electrons. The van der Waals surface area contributed by atoms with E-state index in [2.05, 4.69) is 0 Å². The maximum atomic E-state index is 0. The van der Waals surface area contributed by atoms with Crippen LogP contribution in [0.3, 0.4) is 0 Å². The van der Waals surface area contributed by atoms with Crippen LogP contribution in [0.15, 0.2) is 0 Å². The second-order valence-electron chi connectivity index (χ2n) is 0. The summed E-state index contributed by atoms with van der Waals surface area (Å²) in [6.45, 7) is 0. The Morgan fingerprint density at radius 2 is 1.00 bits per heavy atom. The summed E-state index contributed by atoms with van der Waals surface area (Å²) in [5, 5.41) is 0. The van der Waals surface area contributed by atoms with Crippen molar-refractivity contribution < 1.29 is 82.7 Å². The molecule has 0 saturated carbocycles. The van der Waals surface area contributed by atoms with Crippen molar-refractivity contribution in [2.45, 2.75) is 0 Å². The summed E-state index contributed by atoms with van der Waals surface area (Å²) < 4.78 is 0. The van der Waals surface area contributed by atoms with Crippen LogP contribution in [0.4, 0.5) is 0 Å². The fourth-order valence-corrected chi connectivity index (χ4v) is 0. The molecule has 35 valence electrons. The van der Waals surface area contributed by atoms with Gasteiger partial charge in [0.2, 0.25) is 0 Å². The van der Waals surface area contributed by atoms with Crippen molar-refractivity contribution in [1.29, 1.82) is 0 Å². The zero-order valence-corrected chi connectivity index (χ0v) is 9.66. The topological polar surface area (TPSA) is 0 Å². The summed E-state index contributed by atoms with van der Waals surface area (Å²) in [4.78, 5) is 0. The minimum absolute atomic E-state index is 0. The number of rotatable bonds is 0. The molecular weight excluding hydrogens is 342 g/mol. The van der Waals surface area contributed by atoms with Crippen LogP contribution >= 0.6 is 0 Å². The maximum Gasteiger partial charge on any atom is 0 e.